The SMILES string of the molecule is Cc1nn(C)c2ncc(C(=O)NC(C)(C)CO)cc12. The van der Waals surface area contributed by atoms with E-state index in [1.54, 1.807) is 24.6 Å². The number of aromatic nitrogens is 3. The minimum atomic E-state index is -0.657. The number of nitrogens with one attached hydrogen (secondary N) is 1. The molecule has 0 saturated heterocycles. The largest absolute Gasteiger partial charge is 0.394 e. The van der Waals surface area contributed by atoms with Crippen LogP contribution in [-0.2, 0) is 7.05 Å². The Kier molecular flexibility index (Phi) is 3.28. The molecule has 0 aliphatic carbocycles. The van der Waals surface area contributed by atoms with Gasteiger partial charge in [0.15, 0.2) is 5.65 Å². The number of fused-ring (bicyclic) bond motifs is 1. The highest BCUT2D eigenvalue weighted by Crippen LogP contribution is 2.16. The predicted octanol–water partition coefficient (Wildman–Crippen LogP) is 0.777. The Balaban J connectivity index is 2.36. The van der Waals surface area contributed by atoms with Gasteiger partial charge < -0.3 is 10.4 Å². The molecular weight excluding hydrogens is 244 g/mol. The molecule has 6 heteroatoms. The lowest BCUT2D eigenvalue weighted by molar-refractivity contribution is 0.0869. The van der Waals surface area contributed by atoms with Crippen LogP contribution in [0.4, 0.5) is 0 Å². The Morgan fingerprint density at radius 1 is 1.53 bits per heavy atom. The van der Waals surface area contributed by atoms with Crippen LogP contribution in [-0.4, -0.2) is 37.9 Å². The number of amides is 1. The Hall–Kier alpha value is -1.95. The third kappa shape index (κ3) is 2.58. The van der Waals surface area contributed by atoms with Gasteiger partial charge in [-0.25, -0.2) is 4.98 Å². The first-order valence-electron chi connectivity index (χ1n) is 6.07. The van der Waals surface area contributed by atoms with Gasteiger partial charge in [-0.15, -0.1) is 0 Å². The van der Waals surface area contributed by atoms with Crippen LogP contribution in [0.25, 0.3) is 11.0 Å². The highest BCUT2D eigenvalue weighted by molar-refractivity contribution is 5.97. The summed E-state index contributed by atoms with van der Waals surface area (Å²) in [6.45, 7) is 5.27. The highest BCUT2D eigenvalue weighted by Gasteiger charge is 2.20. The number of hydrogen-bond donors (Lipinski definition) is 2. The summed E-state index contributed by atoms with van der Waals surface area (Å²) in [5, 5.41) is 17.0. The van der Waals surface area contributed by atoms with Crippen LogP contribution in [0.15, 0.2) is 12.3 Å². The first-order valence-corrected chi connectivity index (χ1v) is 6.07. The van der Waals surface area contributed by atoms with E-state index in [2.05, 4.69) is 15.4 Å². The van der Waals surface area contributed by atoms with Crippen molar-refractivity contribution in [1.29, 1.82) is 0 Å². The van der Waals surface area contributed by atoms with E-state index in [1.807, 2.05) is 14.0 Å². The quantitative estimate of drug-likeness (QED) is 0.856. The molecule has 2 aromatic heterocycles. The van der Waals surface area contributed by atoms with Gasteiger partial charge in [0, 0.05) is 18.6 Å². The van der Waals surface area contributed by atoms with Gasteiger partial charge in [0.25, 0.3) is 5.91 Å². The average molecular weight is 262 g/mol. The molecule has 0 spiro atoms. The van der Waals surface area contributed by atoms with E-state index in [9.17, 15) is 4.79 Å². The molecule has 6 nitrogen and oxygen atoms in total. The number of aliphatic hydroxyl groups is 1. The molecule has 2 aromatic rings. The molecule has 0 fully saturated rings. The molecule has 0 bridgehead atoms. The molecule has 2 N–H and O–H groups in total. The predicted molar refractivity (Wildman–Crippen MR) is 71.9 cm³/mol. The maximum atomic E-state index is 12.1. The number of nitrogens with zero attached hydrogens (tertiary/aromatic N) is 3. The summed E-state index contributed by atoms with van der Waals surface area (Å²) in [5.41, 5.74) is 1.39. The lowest BCUT2D eigenvalue weighted by Gasteiger charge is -2.23. The molecule has 0 atom stereocenters. The summed E-state index contributed by atoms with van der Waals surface area (Å²) in [5.74, 6) is -0.253. The van der Waals surface area contributed by atoms with Crippen molar-refractivity contribution >= 4 is 16.9 Å². The summed E-state index contributed by atoms with van der Waals surface area (Å²) in [7, 11) is 1.82. The van der Waals surface area contributed by atoms with Gasteiger partial charge in [0.2, 0.25) is 0 Å². The third-order valence-electron chi connectivity index (χ3n) is 2.97. The van der Waals surface area contributed by atoms with Crippen LogP contribution in [0.2, 0.25) is 0 Å². The lowest BCUT2D eigenvalue weighted by atomic mass is 10.1. The fourth-order valence-electron chi connectivity index (χ4n) is 1.85. The molecule has 2 heterocycles. The van der Waals surface area contributed by atoms with E-state index in [4.69, 9.17) is 5.11 Å². The number of hydrogen-bond acceptors (Lipinski definition) is 4. The van der Waals surface area contributed by atoms with Crippen molar-refractivity contribution in [2.45, 2.75) is 26.3 Å². The molecular formula is C13H18N4O2. The van der Waals surface area contributed by atoms with Crippen LogP contribution in [0, 0.1) is 6.92 Å². The van der Waals surface area contributed by atoms with Crippen molar-refractivity contribution in [1.82, 2.24) is 20.1 Å². The van der Waals surface area contributed by atoms with E-state index < -0.39 is 5.54 Å². The maximum absolute atomic E-state index is 12.1. The molecule has 19 heavy (non-hydrogen) atoms. The van der Waals surface area contributed by atoms with E-state index >= 15 is 0 Å². The van der Waals surface area contributed by atoms with Crippen molar-refractivity contribution in [3.8, 4) is 0 Å². The molecule has 0 aliphatic rings. The van der Waals surface area contributed by atoms with Crippen LogP contribution in [0.1, 0.15) is 29.9 Å². The van der Waals surface area contributed by atoms with Crippen molar-refractivity contribution in [2.75, 3.05) is 6.61 Å². The van der Waals surface area contributed by atoms with Crippen molar-refractivity contribution in [2.24, 2.45) is 7.05 Å². The van der Waals surface area contributed by atoms with Crippen LogP contribution >= 0.6 is 0 Å². The second-order valence-electron chi connectivity index (χ2n) is 5.30. The second-order valence-corrected chi connectivity index (χ2v) is 5.30. The number of pyridine rings is 1. The first-order chi connectivity index (χ1) is 8.84. The van der Waals surface area contributed by atoms with E-state index in [0.29, 0.717) is 5.56 Å². The van der Waals surface area contributed by atoms with Crippen molar-refractivity contribution < 1.29 is 9.90 Å². The number of aliphatic hydroxyl groups excluding tert-OH is 1. The van der Waals surface area contributed by atoms with E-state index in [-0.39, 0.29) is 12.5 Å². The van der Waals surface area contributed by atoms with Crippen LogP contribution in [0.3, 0.4) is 0 Å². The van der Waals surface area contributed by atoms with Crippen LogP contribution in [0.5, 0.6) is 0 Å². The summed E-state index contributed by atoms with van der Waals surface area (Å²) < 4.78 is 1.68. The zero-order valence-corrected chi connectivity index (χ0v) is 11.6. The lowest BCUT2D eigenvalue weighted by Crippen LogP contribution is -2.46. The Labute approximate surface area is 111 Å². The number of rotatable bonds is 3. The smallest absolute Gasteiger partial charge is 0.253 e. The van der Waals surface area contributed by atoms with Crippen LogP contribution < -0.4 is 5.32 Å². The van der Waals surface area contributed by atoms with Gasteiger partial charge in [0.1, 0.15) is 0 Å². The fraction of sp³-hybridized carbons (Fsp3) is 0.462. The topological polar surface area (TPSA) is 80.0 Å². The van der Waals surface area contributed by atoms with Crippen molar-refractivity contribution in [3.05, 3.63) is 23.5 Å². The minimum Gasteiger partial charge on any atom is -0.394 e. The van der Waals surface area contributed by atoms with E-state index in [0.717, 1.165) is 16.7 Å². The normalized spacial score (nSPS) is 11.8. The Bertz CT molecular complexity index is 631. The summed E-state index contributed by atoms with van der Waals surface area (Å²) in [6.07, 6.45) is 1.52. The molecule has 0 unspecified atom stereocenters. The molecule has 1 amide bonds. The monoisotopic (exact) mass is 262 g/mol. The summed E-state index contributed by atoms with van der Waals surface area (Å²) >= 11 is 0. The number of carbonyl (C=O) groups is 1. The Morgan fingerprint density at radius 3 is 2.84 bits per heavy atom. The van der Waals surface area contributed by atoms with E-state index in [1.165, 1.54) is 6.20 Å². The third-order valence-corrected chi connectivity index (χ3v) is 2.97. The molecule has 0 saturated carbocycles. The van der Waals surface area contributed by atoms with Crippen molar-refractivity contribution in [3.63, 3.8) is 0 Å². The standard InChI is InChI=1S/C13H18N4O2/c1-8-10-5-9(6-14-11(10)17(4)16-8)12(19)15-13(2,3)7-18/h5-6,18H,7H2,1-4H3,(H,15,19). The van der Waals surface area contributed by atoms with Gasteiger partial charge in [0.05, 0.1) is 23.4 Å². The zero-order valence-electron chi connectivity index (χ0n) is 11.6. The maximum Gasteiger partial charge on any atom is 0.253 e. The summed E-state index contributed by atoms with van der Waals surface area (Å²) in [6, 6.07) is 1.77. The molecule has 102 valence electrons. The minimum absolute atomic E-state index is 0.125. The molecule has 0 aromatic carbocycles. The summed E-state index contributed by atoms with van der Waals surface area (Å²) in [4.78, 5) is 16.3. The molecule has 0 radical (unpaired) electrons. The number of carbonyl (C=O) groups excluding carboxylic acids is 1. The molecule has 0 aliphatic heterocycles. The second kappa shape index (κ2) is 4.62. The number of aryl methyl sites for hydroxylation is 2. The zero-order chi connectivity index (χ0) is 14.2. The Morgan fingerprint density at radius 2 is 2.21 bits per heavy atom. The average Bonchev–Trinajstić information content (AvgIpc) is 2.64. The van der Waals surface area contributed by atoms with Gasteiger partial charge in [-0.05, 0) is 26.8 Å². The van der Waals surface area contributed by atoms with Gasteiger partial charge in [-0.2, -0.15) is 5.10 Å². The molecule has 2 rings (SSSR count). The highest BCUT2D eigenvalue weighted by atomic mass is 16.3. The first kappa shape index (κ1) is 13.5. The van der Waals surface area contributed by atoms with Gasteiger partial charge in [-0.1, -0.05) is 0 Å². The van der Waals surface area contributed by atoms with Gasteiger partial charge in [-0.3, -0.25) is 9.48 Å². The van der Waals surface area contributed by atoms with Gasteiger partial charge >= 0.3 is 0 Å². The fourth-order valence-corrected chi connectivity index (χ4v) is 1.85.